The number of rotatable bonds is 4. The van der Waals surface area contributed by atoms with Crippen LogP contribution >= 0.6 is 0 Å². The fourth-order valence-corrected chi connectivity index (χ4v) is 3.59. The second-order valence-corrected chi connectivity index (χ2v) is 6.34. The molecule has 0 aliphatic heterocycles. The molecule has 1 aliphatic carbocycles. The zero-order chi connectivity index (χ0) is 23.3. The molecule has 171 valence electrons. The van der Waals surface area contributed by atoms with Gasteiger partial charge in [-0.15, -0.1) is 0 Å². The summed E-state index contributed by atoms with van der Waals surface area (Å²) in [6.07, 6.45) is -33.0. The Morgan fingerprint density at radius 2 is 1.17 bits per heavy atom. The van der Waals surface area contributed by atoms with Crippen LogP contribution in [0.15, 0.2) is 0 Å². The van der Waals surface area contributed by atoms with Crippen molar-refractivity contribution in [3.63, 3.8) is 0 Å². The molecule has 4 nitrogen and oxygen atoms in total. The van der Waals surface area contributed by atoms with Gasteiger partial charge in [-0.2, -0.15) is 52.7 Å². The number of hydrogen-bond donors (Lipinski definition) is 2. The summed E-state index contributed by atoms with van der Waals surface area (Å²) in [5, 5.41) is 19.0. The highest BCUT2D eigenvalue weighted by Gasteiger charge is 2.88. The highest BCUT2D eigenvalue weighted by atomic mass is 19.4. The van der Waals surface area contributed by atoms with E-state index in [9.17, 15) is 67.7 Å². The van der Waals surface area contributed by atoms with Gasteiger partial charge in [0.15, 0.2) is 5.60 Å². The van der Waals surface area contributed by atoms with Crippen molar-refractivity contribution in [2.75, 3.05) is 0 Å². The fraction of sp³-hybridized carbons (Fsp3) is 0.923. The van der Waals surface area contributed by atoms with Crippen molar-refractivity contribution >= 4 is 6.47 Å². The molecular weight excluding hydrogens is 448 g/mol. The first-order chi connectivity index (χ1) is 12.6. The van der Waals surface area contributed by atoms with Gasteiger partial charge in [-0.1, -0.05) is 6.42 Å². The third kappa shape index (κ3) is 3.51. The second kappa shape index (κ2) is 7.06. The molecule has 0 aromatic rings. The molecule has 0 amide bonds. The summed E-state index contributed by atoms with van der Waals surface area (Å²) in [7, 11) is 0. The van der Waals surface area contributed by atoms with Gasteiger partial charge in [0.05, 0.1) is 0 Å². The average Bonchev–Trinajstić information content (AvgIpc) is 2.49. The Bertz CT molecular complexity index is 577. The van der Waals surface area contributed by atoms with Crippen LogP contribution in [-0.4, -0.2) is 58.2 Å². The number of halogens is 12. The van der Waals surface area contributed by atoms with E-state index < -0.39 is 73.1 Å². The molecule has 0 aromatic heterocycles. The summed E-state index contributed by atoms with van der Waals surface area (Å²) in [4.78, 5) is 10.5. The van der Waals surface area contributed by atoms with E-state index in [-0.39, 0.29) is 6.47 Å². The van der Waals surface area contributed by atoms with Gasteiger partial charge in [-0.25, -0.2) is 4.79 Å². The zero-order valence-corrected chi connectivity index (χ0v) is 13.7. The van der Waals surface area contributed by atoms with Crippen molar-refractivity contribution < 1.29 is 72.4 Å². The molecule has 0 bridgehead atoms. The third-order valence-corrected chi connectivity index (χ3v) is 4.88. The predicted molar refractivity (Wildman–Crippen MR) is 65.6 cm³/mol. The molecule has 29 heavy (non-hydrogen) atoms. The Labute approximate surface area is 153 Å². The van der Waals surface area contributed by atoms with Gasteiger partial charge in [0.25, 0.3) is 11.2 Å². The summed E-state index contributed by atoms with van der Waals surface area (Å²) in [5.74, 6) is -4.13. The SMILES string of the molecule is O=[C]OC1(C(O)(C(F)(F)F)C(F)(F)F)CCCCC1C(O)(C(F)(F)F)C(F)(F)F. The Hall–Kier alpha value is -1.45. The topological polar surface area (TPSA) is 66.8 Å². The first-order valence-electron chi connectivity index (χ1n) is 7.42. The summed E-state index contributed by atoms with van der Waals surface area (Å²) in [6.45, 7) is -0.0227. The Kier molecular flexibility index (Phi) is 6.23. The van der Waals surface area contributed by atoms with Crippen molar-refractivity contribution in [3.8, 4) is 0 Å². The Morgan fingerprint density at radius 3 is 1.48 bits per heavy atom. The van der Waals surface area contributed by atoms with E-state index >= 15 is 0 Å². The summed E-state index contributed by atoms with van der Waals surface area (Å²) < 4.78 is 162. The van der Waals surface area contributed by atoms with Crippen molar-refractivity contribution in [3.05, 3.63) is 0 Å². The Morgan fingerprint density at radius 1 is 0.759 bits per heavy atom. The van der Waals surface area contributed by atoms with Gasteiger partial charge in [-0.05, 0) is 19.3 Å². The van der Waals surface area contributed by atoms with Crippen molar-refractivity contribution in [2.45, 2.75) is 67.2 Å². The lowest BCUT2D eigenvalue weighted by Gasteiger charge is -2.55. The molecular formula is C13H11F12O4. The number of hydrogen-bond acceptors (Lipinski definition) is 4. The normalized spacial score (nSPS) is 25.7. The molecule has 0 saturated heterocycles. The minimum absolute atomic E-state index is 0.0227. The predicted octanol–water partition coefficient (Wildman–Crippen LogP) is 3.71. The smallest absolute Gasteiger partial charge is 0.430 e. The molecule has 1 rings (SSSR count). The van der Waals surface area contributed by atoms with Crippen molar-refractivity contribution in [1.82, 2.24) is 0 Å². The molecule has 0 heterocycles. The number of carbonyl (C=O) groups excluding carboxylic acids is 1. The summed E-state index contributed by atoms with van der Waals surface area (Å²) in [5.41, 5.74) is -17.5. The van der Waals surface area contributed by atoms with Crippen LogP contribution in [0.1, 0.15) is 25.7 Å². The largest absolute Gasteiger partial charge is 0.446 e. The first-order valence-corrected chi connectivity index (χ1v) is 7.42. The lowest BCUT2D eigenvalue weighted by atomic mass is 9.59. The zero-order valence-electron chi connectivity index (χ0n) is 13.7. The van der Waals surface area contributed by atoms with E-state index in [0.29, 0.717) is 0 Å². The van der Waals surface area contributed by atoms with E-state index in [4.69, 9.17) is 0 Å². The summed E-state index contributed by atoms with van der Waals surface area (Å²) >= 11 is 0. The van der Waals surface area contributed by atoms with Crippen LogP contribution in [0.25, 0.3) is 0 Å². The number of alkyl halides is 12. The van der Waals surface area contributed by atoms with E-state index in [1.807, 2.05) is 0 Å². The first kappa shape index (κ1) is 25.6. The molecule has 1 saturated carbocycles. The molecule has 2 N–H and O–H groups in total. The van der Waals surface area contributed by atoms with Crippen LogP contribution in [0.3, 0.4) is 0 Å². The van der Waals surface area contributed by atoms with Crippen molar-refractivity contribution in [1.29, 1.82) is 0 Å². The maximum Gasteiger partial charge on any atom is 0.430 e. The highest BCUT2D eigenvalue weighted by Crippen LogP contribution is 2.63. The fourth-order valence-electron chi connectivity index (χ4n) is 3.59. The van der Waals surface area contributed by atoms with Gasteiger partial charge < -0.3 is 14.9 Å². The van der Waals surface area contributed by atoms with Gasteiger partial charge in [-0.3, -0.25) is 0 Å². The standard InChI is InChI=1S/C13H11F12O4/c14-10(15,16)8(27,11(17,18)19)6-3-1-2-4-7(6,29-5-26)9(28,12(20,21)22)13(23,24)25/h6,27-28H,1-4H2. The number of aliphatic hydroxyl groups is 2. The number of ether oxygens (including phenoxy) is 1. The van der Waals surface area contributed by atoms with Crippen LogP contribution in [0, 0.1) is 5.92 Å². The van der Waals surface area contributed by atoms with Crippen LogP contribution < -0.4 is 0 Å². The minimum Gasteiger partial charge on any atom is -0.446 e. The van der Waals surface area contributed by atoms with Gasteiger partial charge in [0.1, 0.15) is 0 Å². The molecule has 1 aliphatic rings. The molecule has 2 unspecified atom stereocenters. The van der Waals surface area contributed by atoms with Gasteiger partial charge in [0.2, 0.25) is 0 Å². The van der Waals surface area contributed by atoms with E-state index in [1.165, 1.54) is 0 Å². The highest BCUT2D eigenvalue weighted by molar-refractivity contribution is 5.42. The molecule has 2 atom stereocenters. The maximum absolute atomic E-state index is 13.3. The molecule has 1 radical (unpaired) electrons. The van der Waals surface area contributed by atoms with E-state index in [0.717, 1.165) is 0 Å². The quantitative estimate of drug-likeness (QED) is 0.630. The van der Waals surface area contributed by atoms with Gasteiger partial charge >= 0.3 is 31.2 Å². The lowest BCUT2D eigenvalue weighted by molar-refractivity contribution is -0.451. The Balaban J connectivity index is 4.06. The molecule has 16 heteroatoms. The van der Waals surface area contributed by atoms with Crippen LogP contribution in [-0.2, 0) is 9.53 Å². The lowest BCUT2D eigenvalue weighted by Crippen LogP contribution is -2.79. The average molecular weight is 459 g/mol. The van der Waals surface area contributed by atoms with Crippen LogP contribution in [0.4, 0.5) is 52.7 Å². The van der Waals surface area contributed by atoms with Crippen LogP contribution in [0.5, 0.6) is 0 Å². The van der Waals surface area contributed by atoms with E-state index in [1.54, 1.807) is 0 Å². The minimum atomic E-state index is -6.96. The second-order valence-electron chi connectivity index (χ2n) is 6.34. The molecule has 0 aromatic carbocycles. The summed E-state index contributed by atoms with van der Waals surface area (Å²) in [6, 6.07) is 0. The molecule has 1 fully saturated rings. The van der Waals surface area contributed by atoms with E-state index in [2.05, 4.69) is 4.74 Å². The van der Waals surface area contributed by atoms with Crippen LogP contribution in [0.2, 0.25) is 0 Å². The van der Waals surface area contributed by atoms with Crippen molar-refractivity contribution in [2.24, 2.45) is 5.92 Å². The van der Waals surface area contributed by atoms with Gasteiger partial charge in [0, 0.05) is 5.92 Å². The third-order valence-electron chi connectivity index (χ3n) is 4.88. The maximum atomic E-state index is 13.3. The molecule has 0 spiro atoms. The monoisotopic (exact) mass is 459 g/mol.